The van der Waals surface area contributed by atoms with Gasteiger partial charge in [0.2, 0.25) is 23.6 Å². The second-order valence-electron chi connectivity index (χ2n) is 13.4. The number of nitrogens with zero attached hydrogens (tertiary/aromatic N) is 4. The second-order valence-corrected chi connectivity index (χ2v) is 13.4. The van der Waals surface area contributed by atoms with Gasteiger partial charge in [0.25, 0.3) is 0 Å². The Morgan fingerprint density at radius 1 is 0.615 bits per heavy atom. The van der Waals surface area contributed by atoms with Gasteiger partial charge in [0.05, 0.1) is 25.6 Å². The molecule has 2 heterocycles. The Balaban J connectivity index is 1.31. The van der Waals surface area contributed by atoms with Crippen LogP contribution in [0.3, 0.4) is 0 Å². The molecule has 4 rings (SSSR count). The fourth-order valence-electron chi connectivity index (χ4n) is 6.15. The number of likely N-dealkylation sites (tertiary alicyclic amines) is 2. The SMILES string of the molecule is COC(=O)NC(C(=O)N1CCCC1C(=O)Nc1ccc(/N=N/c2ccc(NC(=O)C3CCCN3C(=O)C(NC(=O)OC)C(C)C)cc2)cc1)C(C)C. The van der Waals surface area contributed by atoms with Crippen LogP contribution in [0.1, 0.15) is 53.4 Å². The molecular formula is C36H48N8O8. The lowest BCUT2D eigenvalue weighted by molar-refractivity contribution is -0.139. The zero-order valence-electron chi connectivity index (χ0n) is 30.4. The Kier molecular flexibility index (Phi) is 13.7. The first-order valence-corrected chi connectivity index (χ1v) is 17.4. The van der Waals surface area contributed by atoms with Crippen LogP contribution in [0.5, 0.6) is 0 Å². The van der Waals surface area contributed by atoms with E-state index in [4.69, 9.17) is 0 Å². The number of anilines is 2. The molecule has 4 N–H and O–H groups in total. The van der Waals surface area contributed by atoms with Gasteiger partial charge in [-0.3, -0.25) is 19.2 Å². The molecule has 280 valence electrons. The fourth-order valence-corrected chi connectivity index (χ4v) is 6.15. The van der Waals surface area contributed by atoms with Gasteiger partial charge in [-0.15, -0.1) is 0 Å². The normalized spacial score (nSPS) is 18.2. The lowest BCUT2D eigenvalue weighted by Gasteiger charge is -2.30. The van der Waals surface area contributed by atoms with Crippen molar-refractivity contribution in [3.63, 3.8) is 0 Å². The molecule has 0 aromatic heterocycles. The number of rotatable bonds is 12. The average Bonchev–Trinajstić information content (AvgIpc) is 3.83. The largest absolute Gasteiger partial charge is 0.453 e. The predicted octanol–water partition coefficient (Wildman–Crippen LogP) is 4.72. The van der Waals surface area contributed by atoms with Crippen LogP contribution < -0.4 is 21.3 Å². The second kappa shape index (κ2) is 18.1. The summed E-state index contributed by atoms with van der Waals surface area (Å²) in [4.78, 5) is 79.5. The minimum Gasteiger partial charge on any atom is -0.453 e. The van der Waals surface area contributed by atoms with Crippen molar-refractivity contribution in [3.8, 4) is 0 Å². The molecule has 2 aliphatic rings. The maximum atomic E-state index is 13.3. The number of methoxy groups -OCH3 is 2. The van der Waals surface area contributed by atoms with E-state index in [1.165, 1.54) is 24.0 Å². The van der Waals surface area contributed by atoms with Crippen LogP contribution in [0, 0.1) is 11.8 Å². The molecule has 4 unspecified atom stereocenters. The molecule has 16 nitrogen and oxygen atoms in total. The first-order chi connectivity index (χ1) is 24.8. The number of hydrogen-bond donors (Lipinski definition) is 4. The van der Waals surface area contributed by atoms with Crippen molar-refractivity contribution in [2.24, 2.45) is 22.1 Å². The molecular weight excluding hydrogens is 672 g/mol. The molecule has 4 atom stereocenters. The molecule has 0 radical (unpaired) electrons. The summed E-state index contributed by atoms with van der Waals surface area (Å²) in [5.41, 5.74) is 2.13. The lowest BCUT2D eigenvalue weighted by atomic mass is 10.0. The average molecular weight is 721 g/mol. The minimum absolute atomic E-state index is 0.203. The number of hydrogen-bond acceptors (Lipinski definition) is 10. The standard InChI is InChI=1S/C36H48N8O8/c1-21(2)29(39-35(49)51-5)33(47)43-19-7-9-27(43)31(45)37-23-11-15-25(16-12-23)41-42-26-17-13-24(14-18-26)38-32(46)28-10-8-20-44(28)34(48)30(22(3)4)40-36(50)52-6/h11-18,21-22,27-30H,7-10,19-20H2,1-6H3,(H,37,45)(H,38,46)(H,39,49)(H,40,50)/b42-41+. The van der Waals surface area contributed by atoms with Gasteiger partial charge in [-0.1, -0.05) is 27.7 Å². The van der Waals surface area contributed by atoms with Crippen molar-refractivity contribution in [2.75, 3.05) is 37.9 Å². The molecule has 16 heteroatoms. The van der Waals surface area contributed by atoms with Gasteiger partial charge in [0.15, 0.2) is 0 Å². The molecule has 0 aliphatic carbocycles. The van der Waals surface area contributed by atoms with Crippen molar-refractivity contribution < 1.29 is 38.2 Å². The van der Waals surface area contributed by atoms with E-state index < -0.39 is 36.4 Å². The number of ether oxygens (including phenoxy) is 2. The zero-order chi connectivity index (χ0) is 37.9. The highest BCUT2D eigenvalue weighted by Gasteiger charge is 2.40. The van der Waals surface area contributed by atoms with Crippen LogP contribution in [0.2, 0.25) is 0 Å². The Morgan fingerprint density at radius 2 is 0.962 bits per heavy atom. The number of azo groups is 1. The van der Waals surface area contributed by atoms with E-state index in [-0.39, 0.29) is 35.5 Å². The summed E-state index contributed by atoms with van der Waals surface area (Å²) in [5, 5.41) is 19.4. The lowest BCUT2D eigenvalue weighted by Crippen LogP contribution is -2.54. The Hall–Kier alpha value is -5.54. The third-order valence-electron chi connectivity index (χ3n) is 9.01. The van der Waals surface area contributed by atoms with Gasteiger partial charge >= 0.3 is 12.2 Å². The number of carbonyl (C=O) groups excluding carboxylic acids is 6. The van der Waals surface area contributed by atoms with E-state index in [1.54, 1.807) is 48.5 Å². The smallest absolute Gasteiger partial charge is 0.407 e. The predicted molar refractivity (Wildman–Crippen MR) is 192 cm³/mol. The van der Waals surface area contributed by atoms with Crippen LogP contribution >= 0.6 is 0 Å². The molecule has 2 aliphatic heterocycles. The topological polar surface area (TPSA) is 200 Å². The fraction of sp³-hybridized carbons (Fsp3) is 0.500. The number of benzene rings is 2. The summed E-state index contributed by atoms with van der Waals surface area (Å²) in [5.74, 6) is -1.71. The molecule has 0 spiro atoms. The van der Waals surface area contributed by atoms with Gasteiger partial charge < -0.3 is 40.5 Å². The number of amides is 6. The first-order valence-electron chi connectivity index (χ1n) is 17.4. The quantitative estimate of drug-likeness (QED) is 0.226. The summed E-state index contributed by atoms with van der Waals surface area (Å²) >= 11 is 0. The van der Waals surface area contributed by atoms with Crippen molar-refractivity contribution in [2.45, 2.75) is 77.5 Å². The number of nitrogens with one attached hydrogen (secondary N) is 4. The van der Waals surface area contributed by atoms with Crippen molar-refractivity contribution in [1.82, 2.24) is 20.4 Å². The number of carbonyl (C=O) groups is 6. The van der Waals surface area contributed by atoms with Crippen molar-refractivity contribution in [3.05, 3.63) is 48.5 Å². The molecule has 6 amide bonds. The van der Waals surface area contributed by atoms with Crippen LogP contribution in [0.25, 0.3) is 0 Å². The molecule has 2 aromatic rings. The van der Waals surface area contributed by atoms with E-state index in [1.807, 2.05) is 27.7 Å². The summed E-state index contributed by atoms with van der Waals surface area (Å²) in [6.07, 6.45) is 0.917. The highest BCUT2D eigenvalue weighted by atomic mass is 16.5. The van der Waals surface area contributed by atoms with Crippen molar-refractivity contribution >= 4 is 58.6 Å². The zero-order valence-corrected chi connectivity index (χ0v) is 30.4. The van der Waals surface area contributed by atoms with E-state index in [0.717, 1.165) is 0 Å². The third-order valence-corrected chi connectivity index (χ3v) is 9.01. The Morgan fingerprint density at radius 3 is 1.27 bits per heavy atom. The molecule has 2 aromatic carbocycles. The first kappa shape index (κ1) is 39.2. The molecule has 0 saturated carbocycles. The molecule has 2 saturated heterocycles. The van der Waals surface area contributed by atoms with E-state index in [9.17, 15) is 28.8 Å². The number of alkyl carbamates (subject to hydrolysis) is 2. The Bertz CT molecular complexity index is 1510. The van der Waals surface area contributed by atoms with Gasteiger partial charge in [-0.05, 0) is 86.1 Å². The van der Waals surface area contributed by atoms with Gasteiger partial charge in [-0.25, -0.2) is 9.59 Å². The van der Waals surface area contributed by atoms with Gasteiger partial charge in [-0.2, -0.15) is 10.2 Å². The van der Waals surface area contributed by atoms with Crippen LogP contribution in [-0.4, -0.2) is 97.1 Å². The summed E-state index contributed by atoms with van der Waals surface area (Å²) < 4.78 is 9.33. The summed E-state index contributed by atoms with van der Waals surface area (Å²) in [7, 11) is 2.46. The van der Waals surface area contributed by atoms with E-state index >= 15 is 0 Å². The summed E-state index contributed by atoms with van der Waals surface area (Å²) in [6, 6.07) is 10.5. The molecule has 52 heavy (non-hydrogen) atoms. The maximum Gasteiger partial charge on any atom is 0.407 e. The highest BCUT2D eigenvalue weighted by molar-refractivity contribution is 5.99. The van der Waals surface area contributed by atoms with Crippen LogP contribution in [0.15, 0.2) is 58.8 Å². The Labute approximate surface area is 303 Å². The monoisotopic (exact) mass is 720 g/mol. The van der Waals surface area contributed by atoms with Gasteiger partial charge in [0.1, 0.15) is 24.2 Å². The van der Waals surface area contributed by atoms with E-state index in [2.05, 4.69) is 41.0 Å². The van der Waals surface area contributed by atoms with Crippen molar-refractivity contribution in [1.29, 1.82) is 0 Å². The van der Waals surface area contributed by atoms with Gasteiger partial charge in [0, 0.05) is 24.5 Å². The van der Waals surface area contributed by atoms with E-state index in [0.29, 0.717) is 61.5 Å². The van der Waals surface area contributed by atoms with Crippen LogP contribution in [0.4, 0.5) is 32.3 Å². The third kappa shape index (κ3) is 10.0. The summed E-state index contributed by atoms with van der Waals surface area (Å²) in [6.45, 7) is 8.07. The highest BCUT2D eigenvalue weighted by Crippen LogP contribution is 2.26. The molecule has 0 bridgehead atoms. The minimum atomic E-state index is -0.817. The maximum absolute atomic E-state index is 13.3. The van der Waals surface area contributed by atoms with Crippen LogP contribution in [-0.2, 0) is 28.7 Å². The molecule has 2 fully saturated rings.